The molecule has 3 amide bonds. The number of hydrogen-bond acceptors (Lipinski definition) is 5. The maximum atomic E-state index is 14.2. The van der Waals surface area contributed by atoms with Crippen LogP contribution in [0.4, 0.5) is 4.79 Å². The van der Waals surface area contributed by atoms with E-state index in [0.717, 1.165) is 47.7 Å². The molecule has 0 spiro atoms. The molecule has 0 unspecified atom stereocenters. The normalized spacial score (nSPS) is 17.9. The number of carbonyl (C=O) groups excluding carboxylic acids is 3. The molecule has 1 aliphatic heterocycles. The van der Waals surface area contributed by atoms with E-state index < -0.39 is 17.2 Å². The molecule has 0 bridgehead atoms. The van der Waals surface area contributed by atoms with Crippen LogP contribution in [0.5, 0.6) is 0 Å². The number of fused-ring (bicyclic) bond motifs is 1. The van der Waals surface area contributed by atoms with Gasteiger partial charge in [-0.3, -0.25) is 14.9 Å². The largest absolute Gasteiger partial charge is 0.444 e. The number of carbonyl (C=O) groups is 3. The van der Waals surface area contributed by atoms with E-state index in [0.29, 0.717) is 45.3 Å². The number of nitrogens with one attached hydrogen (secondary N) is 4. The Hall–Kier alpha value is -3.85. The summed E-state index contributed by atoms with van der Waals surface area (Å²) in [4.78, 5) is 45.9. The number of piperidine rings is 1. The molecule has 1 saturated carbocycles. The Balaban J connectivity index is 1.33. The molecular formula is C36H49N5O4. The average Bonchev–Trinajstić information content (AvgIpc) is 3.44. The fourth-order valence-corrected chi connectivity index (χ4v) is 6.58. The molecule has 9 heteroatoms. The highest BCUT2D eigenvalue weighted by Gasteiger charge is 2.45. The molecule has 5 rings (SSSR count). The first-order chi connectivity index (χ1) is 21.6. The highest BCUT2D eigenvalue weighted by Crippen LogP contribution is 2.27. The Morgan fingerprint density at radius 2 is 1.67 bits per heavy atom. The lowest BCUT2D eigenvalue weighted by atomic mass is 9.84. The minimum atomic E-state index is -0.996. The average molecular weight is 616 g/mol. The van der Waals surface area contributed by atoms with Crippen molar-refractivity contribution in [2.24, 2.45) is 0 Å². The van der Waals surface area contributed by atoms with Crippen LogP contribution in [-0.2, 0) is 27.2 Å². The van der Waals surface area contributed by atoms with Gasteiger partial charge in [0, 0.05) is 42.8 Å². The first kappa shape index (κ1) is 32.5. The van der Waals surface area contributed by atoms with Gasteiger partial charge in [0.15, 0.2) is 0 Å². The van der Waals surface area contributed by atoms with Crippen LogP contribution in [0.3, 0.4) is 0 Å². The van der Waals surface area contributed by atoms with Crippen LogP contribution in [0, 0.1) is 0 Å². The van der Waals surface area contributed by atoms with E-state index in [2.05, 4.69) is 27.0 Å². The van der Waals surface area contributed by atoms with E-state index >= 15 is 0 Å². The number of likely N-dealkylation sites (tertiary alicyclic amines) is 1. The van der Waals surface area contributed by atoms with Gasteiger partial charge in [-0.05, 0) is 76.5 Å². The Morgan fingerprint density at radius 3 is 2.38 bits per heavy atom. The molecule has 9 nitrogen and oxygen atoms in total. The number of amides is 3. The number of aromatic nitrogens is 1. The smallest absolute Gasteiger partial charge is 0.410 e. The maximum absolute atomic E-state index is 14.2. The van der Waals surface area contributed by atoms with Crippen molar-refractivity contribution in [1.29, 1.82) is 0 Å². The molecule has 1 aliphatic carbocycles. The van der Waals surface area contributed by atoms with Crippen LogP contribution < -0.4 is 16.0 Å². The molecule has 45 heavy (non-hydrogen) atoms. The highest BCUT2D eigenvalue weighted by atomic mass is 16.6. The first-order valence-electron chi connectivity index (χ1n) is 16.6. The number of benzene rings is 2. The third kappa shape index (κ3) is 8.66. The fraction of sp³-hybridized carbons (Fsp3) is 0.528. The van der Waals surface area contributed by atoms with Crippen molar-refractivity contribution in [1.82, 2.24) is 25.8 Å². The van der Waals surface area contributed by atoms with Crippen LogP contribution in [0.2, 0.25) is 0 Å². The molecular weight excluding hydrogens is 566 g/mol. The molecule has 4 N–H and O–H groups in total. The predicted molar refractivity (Wildman–Crippen MR) is 177 cm³/mol. The second kappa shape index (κ2) is 14.5. The van der Waals surface area contributed by atoms with Crippen molar-refractivity contribution in [3.8, 4) is 0 Å². The zero-order valence-corrected chi connectivity index (χ0v) is 27.0. The summed E-state index contributed by atoms with van der Waals surface area (Å²) in [6, 6.07) is 17.5. The van der Waals surface area contributed by atoms with Crippen molar-refractivity contribution in [2.45, 2.75) is 102 Å². The Kier molecular flexibility index (Phi) is 10.5. The quantitative estimate of drug-likeness (QED) is 0.249. The van der Waals surface area contributed by atoms with E-state index in [9.17, 15) is 14.4 Å². The SMILES string of the molecule is CC(C)(C)OC(=O)N1CCC(N[C@@H](Cc2ccccc2)C(=O)NCCc2c[nH]c3ccccc23)(C(=O)NC2CCCCC2)CC1. The molecule has 0 radical (unpaired) electrons. The summed E-state index contributed by atoms with van der Waals surface area (Å²) in [6.07, 6.45) is 8.86. The summed E-state index contributed by atoms with van der Waals surface area (Å²) in [7, 11) is 0. The second-order valence-electron chi connectivity index (χ2n) is 13.6. The van der Waals surface area contributed by atoms with E-state index in [1.165, 1.54) is 6.42 Å². The second-order valence-corrected chi connectivity index (χ2v) is 13.6. The van der Waals surface area contributed by atoms with E-state index in [4.69, 9.17) is 4.74 Å². The summed E-state index contributed by atoms with van der Waals surface area (Å²) >= 11 is 0. The molecule has 2 aromatic carbocycles. The van der Waals surface area contributed by atoms with Gasteiger partial charge in [-0.2, -0.15) is 0 Å². The number of nitrogens with zero attached hydrogens (tertiary/aromatic N) is 1. The molecule has 1 saturated heterocycles. The minimum Gasteiger partial charge on any atom is -0.444 e. The molecule has 242 valence electrons. The fourth-order valence-electron chi connectivity index (χ4n) is 6.58. The number of H-pyrrole nitrogens is 1. The van der Waals surface area contributed by atoms with Crippen LogP contribution in [-0.4, -0.2) is 70.6 Å². The number of rotatable bonds is 10. The zero-order chi connectivity index (χ0) is 31.9. The molecule has 1 aromatic heterocycles. The van der Waals surface area contributed by atoms with Gasteiger partial charge in [0.05, 0.1) is 6.04 Å². The van der Waals surface area contributed by atoms with Crippen LogP contribution in [0.25, 0.3) is 10.9 Å². The summed E-state index contributed by atoms with van der Waals surface area (Å²) in [5.41, 5.74) is 1.63. The Morgan fingerprint density at radius 1 is 0.978 bits per heavy atom. The van der Waals surface area contributed by atoms with Gasteiger partial charge < -0.3 is 25.3 Å². The summed E-state index contributed by atoms with van der Waals surface area (Å²) in [5, 5.41) is 11.2. The lowest BCUT2D eigenvalue weighted by Crippen LogP contribution is -2.67. The van der Waals surface area contributed by atoms with Gasteiger partial charge in [0.2, 0.25) is 11.8 Å². The summed E-state index contributed by atoms with van der Waals surface area (Å²) in [5.74, 6) is -0.221. The summed E-state index contributed by atoms with van der Waals surface area (Å²) < 4.78 is 5.63. The third-order valence-electron chi connectivity index (χ3n) is 9.06. The highest BCUT2D eigenvalue weighted by molar-refractivity contribution is 5.89. The lowest BCUT2D eigenvalue weighted by Gasteiger charge is -2.44. The zero-order valence-electron chi connectivity index (χ0n) is 27.0. The predicted octanol–water partition coefficient (Wildman–Crippen LogP) is 5.25. The van der Waals surface area contributed by atoms with Crippen LogP contribution in [0.15, 0.2) is 60.8 Å². The van der Waals surface area contributed by atoms with Crippen LogP contribution in [0.1, 0.15) is 76.8 Å². The van der Waals surface area contributed by atoms with Crippen molar-refractivity contribution in [3.63, 3.8) is 0 Å². The molecule has 2 heterocycles. The number of para-hydroxylation sites is 1. The topological polar surface area (TPSA) is 116 Å². The van der Waals surface area contributed by atoms with Crippen molar-refractivity contribution in [3.05, 3.63) is 71.9 Å². The Labute approximate surface area is 266 Å². The molecule has 2 fully saturated rings. The monoisotopic (exact) mass is 615 g/mol. The van der Waals surface area contributed by atoms with Crippen LogP contribution >= 0.6 is 0 Å². The van der Waals surface area contributed by atoms with Crippen molar-refractivity contribution < 1.29 is 19.1 Å². The van der Waals surface area contributed by atoms with Gasteiger partial charge >= 0.3 is 6.09 Å². The van der Waals surface area contributed by atoms with Gasteiger partial charge in [0.1, 0.15) is 11.1 Å². The van der Waals surface area contributed by atoms with Gasteiger partial charge in [-0.25, -0.2) is 4.79 Å². The Bertz CT molecular complexity index is 1430. The lowest BCUT2D eigenvalue weighted by molar-refractivity contribution is -0.132. The van der Waals surface area contributed by atoms with E-state index in [1.807, 2.05) is 75.5 Å². The molecule has 2 aliphatic rings. The van der Waals surface area contributed by atoms with Gasteiger partial charge in [-0.1, -0.05) is 67.8 Å². The van der Waals surface area contributed by atoms with Gasteiger partial charge in [-0.15, -0.1) is 0 Å². The van der Waals surface area contributed by atoms with Crippen molar-refractivity contribution >= 4 is 28.8 Å². The van der Waals surface area contributed by atoms with Gasteiger partial charge in [0.25, 0.3) is 0 Å². The van der Waals surface area contributed by atoms with E-state index in [-0.39, 0.29) is 23.9 Å². The van der Waals surface area contributed by atoms with E-state index in [1.54, 1.807) is 4.90 Å². The molecule has 3 aromatic rings. The number of ether oxygens (including phenoxy) is 1. The van der Waals surface area contributed by atoms with Crippen molar-refractivity contribution in [2.75, 3.05) is 19.6 Å². The number of aromatic amines is 1. The third-order valence-corrected chi connectivity index (χ3v) is 9.06. The first-order valence-corrected chi connectivity index (χ1v) is 16.6. The molecule has 1 atom stereocenters. The number of hydrogen-bond donors (Lipinski definition) is 4. The minimum absolute atomic E-state index is 0.0807. The summed E-state index contributed by atoms with van der Waals surface area (Å²) in [6.45, 7) is 6.75. The standard InChI is InChI=1S/C36H49N5O4/c1-35(2,3)45-34(44)41-22-19-36(20-23-41,33(43)39-28-14-8-5-9-15-28)40-31(24-26-12-6-4-7-13-26)32(42)37-21-18-27-25-38-30-17-11-10-16-29(27)30/h4,6-7,10-13,16-17,25,28,31,38,40H,5,8-9,14-15,18-24H2,1-3H3,(H,37,42)(H,39,43)/t31-/m0/s1. The maximum Gasteiger partial charge on any atom is 0.410 e.